The Labute approximate surface area is 365 Å². The van der Waals surface area contributed by atoms with Gasteiger partial charge in [0.25, 0.3) is 0 Å². The molecule has 0 saturated carbocycles. The van der Waals surface area contributed by atoms with Crippen molar-refractivity contribution in [3.8, 4) is 11.3 Å². The molecule has 0 spiro atoms. The quantitative estimate of drug-likeness (QED) is 0.131. The summed E-state index contributed by atoms with van der Waals surface area (Å²) in [5.41, 5.74) is 14.0. The number of aromatic amines is 4. The Kier molecular flexibility index (Phi) is 8.04. The topological polar surface area (TPSA) is 115 Å². The number of nitrogens with zero attached hydrogens (tertiary/aromatic N) is 4. The van der Waals surface area contributed by atoms with Crippen LogP contribution in [0.25, 0.3) is 65.9 Å². The van der Waals surface area contributed by atoms with Crippen molar-refractivity contribution >= 4 is 54.6 Å². The molecule has 300 valence electrons. The number of hydrogen-bond acceptors (Lipinski definition) is 4. The molecule has 13 rings (SSSR count). The van der Waals surface area contributed by atoms with Crippen LogP contribution in [-0.2, 0) is 0 Å². The van der Waals surface area contributed by atoms with Gasteiger partial charge in [0.05, 0.1) is 5.69 Å². The molecule has 0 aliphatic carbocycles. The highest BCUT2D eigenvalue weighted by Gasteiger charge is 2.22. The zero-order valence-corrected chi connectivity index (χ0v) is 34.3. The van der Waals surface area contributed by atoms with Crippen molar-refractivity contribution < 1.29 is 0 Å². The van der Waals surface area contributed by atoms with Crippen molar-refractivity contribution in [2.75, 3.05) is 0 Å². The summed E-state index contributed by atoms with van der Waals surface area (Å²) in [4.78, 5) is 33.9. The Morgan fingerprint density at radius 2 is 0.734 bits per heavy atom. The molecule has 0 amide bonds. The van der Waals surface area contributed by atoms with Crippen molar-refractivity contribution in [1.29, 1.82) is 0 Å². The lowest BCUT2D eigenvalue weighted by molar-refractivity contribution is 1.18. The van der Waals surface area contributed by atoms with Crippen LogP contribution in [0.1, 0.15) is 45.0 Å². The van der Waals surface area contributed by atoms with Crippen LogP contribution in [-0.4, -0.2) is 39.9 Å². The van der Waals surface area contributed by atoms with Gasteiger partial charge in [-0.2, -0.15) is 0 Å². The zero-order chi connectivity index (χ0) is 42.1. The number of rotatable bonds is 5. The van der Waals surface area contributed by atoms with E-state index in [2.05, 4.69) is 180 Å². The van der Waals surface area contributed by atoms with E-state index in [9.17, 15) is 0 Å². The summed E-state index contributed by atoms with van der Waals surface area (Å²) >= 11 is 0. The zero-order valence-electron chi connectivity index (χ0n) is 34.3. The fourth-order valence-corrected chi connectivity index (χ4v) is 9.87. The lowest BCUT2D eigenvalue weighted by atomic mass is 9.89. The van der Waals surface area contributed by atoms with Gasteiger partial charge in [0.1, 0.15) is 0 Å². The van der Waals surface area contributed by atoms with Gasteiger partial charge in [-0.1, -0.05) is 60.7 Å². The number of benzene rings is 4. The van der Waals surface area contributed by atoms with Crippen LogP contribution in [0, 0.1) is 0 Å². The lowest BCUT2D eigenvalue weighted by Crippen LogP contribution is -2.19. The van der Waals surface area contributed by atoms with Crippen molar-refractivity contribution in [1.82, 2.24) is 39.9 Å². The normalized spacial score (nSPS) is 12.9. The van der Waals surface area contributed by atoms with Crippen LogP contribution >= 0.6 is 0 Å². The molecule has 64 heavy (non-hydrogen) atoms. The van der Waals surface area contributed by atoms with E-state index >= 15 is 0 Å². The molecule has 0 fully saturated rings. The predicted molar refractivity (Wildman–Crippen MR) is 254 cm³/mol. The third-order valence-electron chi connectivity index (χ3n) is 12.7. The number of pyridine rings is 4. The highest BCUT2D eigenvalue weighted by Crippen LogP contribution is 2.41. The van der Waals surface area contributed by atoms with Crippen LogP contribution in [0.3, 0.4) is 0 Å². The number of H-pyrrole nitrogens is 4. The number of hydrogen-bond donors (Lipinski definition) is 4. The van der Waals surface area contributed by atoms with E-state index in [-0.39, 0.29) is 0 Å². The third-order valence-corrected chi connectivity index (χ3v) is 12.7. The summed E-state index contributed by atoms with van der Waals surface area (Å²) in [5.74, 6) is 0. The maximum atomic E-state index is 5.22. The standard InChI is InChI=1S/C56H36N8/c1-3-33-6-7-35-9-11-40(39-10-8-34(4-1)50(33)51(35)39)56-41(5-2-26-60-56)55-48-18-16-46(63-48)53(37-22-29-58-30-23-37)44-14-12-42(61-44)52(36-20-27-57-28-21-36)43-13-15-45(62-43)54(38-24-31-59-32-25-38)47-17-19-49(55)64-47/h1-32,61-64H. The number of nitrogens with one attached hydrogen (secondary N) is 4. The van der Waals surface area contributed by atoms with Gasteiger partial charge in [-0.15, -0.1) is 0 Å². The van der Waals surface area contributed by atoms with Gasteiger partial charge >= 0.3 is 0 Å². The molecular weight excluding hydrogens is 785 g/mol. The average Bonchev–Trinajstić information content (AvgIpc) is 4.21. The van der Waals surface area contributed by atoms with E-state index in [1.54, 1.807) is 0 Å². The minimum absolute atomic E-state index is 0.899. The Balaban J connectivity index is 1.14. The highest BCUT2D eigenvalue weighted by molar-refractivity contribution is 6.25. The largest absolute Gasteiger partial charge is 0.354 e. The molecule has 12 aromatic rings. The first kappa shape index (κ1) is 35.8. The van der Waals surface area contributed by atoms with Crippen LogP contribution in [0.15, 0.2) is 195 Å². The van der Waals surface area contributed by atoms with Gasteiger partial charge in [0.2, 0.25) is 0 Å². The summed E-state index contributed by atoms with van der Waals surface area (Å²) in [6.45, 7) is 0. The monoisotopic (exact) mass is 820 g/mol. The average molecular weight is 821 g/mol. The predicted octanol–water partition coefficient (Wildman–Crippen LogP) is 8.45. The first-order chi connectivity index (χ1) is 31.7. The van der Waals surface area contributed by atoms with Crippen molar-refractivity contribution in [2.24, 2.45) is 0 Å². The Hall–Kier alpha value is -8.88. The van der Waals surface area contributed by atoms with E-state index in [0.29, 0.717) is 0 Å². The molecule has 0 saturated heterocycles. The maximum absolute atomic E-state index is 5.22. The van der Waals surface area contributed by atoms with E-state index < -0.39 is 0 Å². The Morgan fingerprint density at radius 1 is 0.297 bits per heavy atom. The van der Waals surface area contributed by atoms with Gasteiger partial charge in [-0.05, 0) is 140 Å². The second-order valence-corrected chi connectivity index (χ2v) is 16.2. The summed E-state index contributed by atoms with van der Waals surface area (Å²) in [7, 11) is 0. The highest BCUT2D eigenvalue weighted by atomic mass is 14.8. The molecule has 0 radical (unpaired) electrons. The molecule has 0 atom stereocenters. The molecule has 8 bridgehead atoms. The summed E-state index contributed by atoms with van der Waals surface area (Å²) in [6, 6.07) is 54.0. The summed E-state index contributed by atoms with van der Waals surface area (Å²) < 4.78 is 0. The second kappa shape index (κ2) is 14.4. The molecule has 1 aliphatic heterocycles. The summed E-state index contributed by atoms with van der Waals surface area (Å²) in [6.07, 6.45) is 13.0. The fourth-order valence-electron chi connectivity index (χ4n) is 9.87. The summed E-state index contributed by atoms with van der Waals surface area (Å²) in [5, 5.41) is 11.2. The van der Waals surface area contributed by atoms with Crippen LogP contribution in [0.2, 0.25) is 0 Å². The van der Waals surface area contributed by atoms with Crippen molar-refractivity contribution in [3.63, 3.8) is 0 Å². The van der Waals surface area contributed by atoms with E-state index in [0.717, 1.165) is 100.0 Å². The van der Waals surface area contributed by atoms with Gasteiger partial charge < -0.3 is 19.9 Å². The van der Waals surface area contributed by atoms with Gasteiger partial charge in [-0.25, -0.2) is 0 Å². The smallest absolute Gasteiger partial charge is 0.0788 e. The van der Waals surface area contributed by atoms with Gasteiger partial charge in [0.15, 0.2) is 0 Å². The van der Waals surface area contributed by atoms with E-state index in [1.807, 2.05) is 49.4 Å². The first-order valence-electron chi connectivity index (χ1n) is 21.3. The second-order valence-electron chi connectivity index (χ2n) is 16.2. The van der Waals surface area contributed by atoms with Crippen LogP contribution < -0.4 is 21.4 Å². The molecular formula is C56H36N8. The number of fused-ring (bicyclic) bond motifs is 8. The fraction of sp³-hybridized carbons (Fsp3) is 0. The van der Waals surface area contributed by atoms with Crippen LogP contribution in [0.4, 0.5) is 0 Å². The SMILES string of the molecule is c1cnc(-c2ccc3ccc4cccc5ccc2c3c45)c(C2=c3ccc([nH]3)=C(c3ccncc3)c3ccc([nH]3)C(c3ccncc3)=c3ccc([nH]3)=C(c3ccncc3)c3ccc2[nH]3)c1. The number of aromatic nitrogens is 8. The molecule has 4 aromatic carbocycles. The van der Waals surface area contributed by atoms with Crippen molar-refractivity contribution in [3.05, 3.63) is 261 Å². The van der Waals surface area contributed by atoms with Crippen molar-refractivity contribution in [2.45, 2.75) is 0 Å². The minimum atomic E-state index is 0.899. The third kappa shape index (κ3) is 5.70. The molecule has 0 unspecified atom stereocenters. The molecule has 8 nitrogen and oxygen atoms in total. The molecule has 4 N–H and O–H groups in total. The lowest BCUT2D eigenvalue weighted by Gasteiger charge is -2.16. The molecule has 8 heteroatoms. The van der Waals surface area contributed by atoms with Gasteiger partial charge in [-0.3, -0.25) is 19.9 Å². The van der Waals surface area contributed by atoms with Crippen LogP contribution in [0.5, 0.6) is 0 Å². The molecule has 9 heterocycles. The first-order valence-corrected chi connectivity index (χ1v) is 21.3. The maximum Gasteiger partial charge on any atom is 0.0788 e. The molecule has 8 aromatic heterocycles. The van der Waals surface area contributed by atoms with Gasteiger partial charge in [0, 0.05) is 121 Å². The van der Waals surface area contributed by atoms with E-state index in [1.165, 1.54) is 32.3 Å². The Morgan fingerprint density at radius 3 is 1.25 bits per heavy atom. The minimum Gasteiger partial charge on any atom is -0.354 e. The Bertz CT molecular complexity index is 3990. The molecule has 1 aliphatic rings. The van der Waals surface area contributed by atoms with E-state index in [4.69, 9.17) is 4.98 Å².